The third kappa shape index (κ3) is 232. The average Bonchev–Trinajstić information content (AvgIpc) is 0.918. The molecule has 0 unspecified atom stereocenters. The van der Waals surface area contributed by atoms with E-state index < -0.39 is 0 Å². The van der Waals surface area contributed by atoms with Crippen LogP contribution in [-0.4, -0.2) is 5.11 Å². The van der Waals surface area contributed by atoms with E-state index in [4.69, 9.17) is 10.4 Å². The second kappa shape index (κ2) is 27.4. The van der Waals surface area contributed by atoms with Gasteiger partial charge in [0.05, 0.1) is 0 Å². The fraction of sp³-hybridized carbons (Fsp3) is 0. The number of hydrogen-bond acceptors (Lipinski definition) is 2. The van der Waals surface area contributed by atoms with Gasteiger partial charge < -0.3 is 5.11 Å². The molecule has 0 aromatic rings. The maximum absolute atomic E-state index is 6.88. The number of aliphatic hydroxyl groups is 1. The summed E-state index contributed by atoms with van der Waals surface area (Å²) in [5.74, 6) is 0. The maximum Gasteiger partial charge on any atom is 0.283 e. The molecule has 0 atom stereocenters. The fourth-order valence-corrected chi connectivity index (χ4v) is 0. The van der Waals surface area contributed by atoms with Crippen LogP contribution >= 0.6 is 0 Å². The van der Waals surface area contributed by atoms with E-state index in [1.54, 1.807) is 0 Å². The first-order chi connectivity index (χ1) is 1.41. The zero-order valence-electron chi connectivity index (χ0n) is 2.08. The Morgan fingerprint density at radius 3 is 1.60 bits per heavy atom. The Morgan fingerprint density at radius 2 is 1.60 bits per heavy atom. The molecule has 5 heavy (non-hydrogen) atoms. The van der Waals surface area contributed by atoms with Crippen molar-refractivity contribution in [3.05, 3.63) is 0 Å². The van der Waals surface area contributed by atoms with Crippen molar-refractivity contribution in [3.8, 4) is 6.26 Å². The quantitative estimate of drug-likeness (QED) is 0.392. The predicted octanol–water partition coefficient (Wildman–Crippen LogP) is -0.165. The first-order valence-corrected chi connectivity index (χ1v) is 0.447. The number of nitriles is 1. The Bertz CT molecular complexity index is 33.1. The molecule has 4 heteroatoms. The fourth-order valence-electron chi connectivity index (χ4n) is 0. The van der Waals surface area contributed by atoms with Crippen molar-refractivity contribution < 1.29 is 39.0 Å². The van der Waals surface area contributed by atoms with Gasteiger partial charge in [0.15, 0.2) is 0 Å². The summed E-state index contributed by atoms with van der Waals surface area (Å²) < 4.78 is 0. The van der Waals surface area contributed by atoms with Gasteiger partial charge >= 0.3 is 0 Å². The number of aliphatic hydroxyl groups excluding tert-OH is 1. The summed E-state index contributed by atoms with van der Waals surface area (Å²) in [6.45, 7) is 0. The van der Waals surface area contributed by atoms with Gasteiger partial charge in [-0.3, -0.25) is 0 Å². The summed E-state index contributed by atoms with van der Waals surface area (Å²) in [6, 6.07) is 0. The molecular weight excluding hydrogens is 157 g/mol. The zero-order valence-corrected chi connectivity index (χ0v) is 4.23. The summed E-state index contributed by atoms with van der Waals surface area (Å²) in [6.07, 6.45) is 0.750. The van der Waals surface area contributed by atoms with E-state index in [0.717, 1.165) is 6.26 Å². The predicted molar refractivity (Wildman–Crippen MR) is 7.55 cm³/mol. The Kier molecular flexibility index (Phi) is 101. The third-order valence-corrected chi connectivity index (χ3v) is 0. The number of rotatable bonds is 0. The molecule has 0 aromatic heterocycles. The maximum atomic E-state index is 6.88. The van der Waals surface area contributed by atoms with Crippen LogP contribution in [0.3, 0.4) is 0 Å². The van der Waals surface area contributed by atoms with Gasteiger partial charge in [-0.05, 0) is 0 Å². The Hall–Kier alpha value is 0.316. The van der Waals surface area contributed by atoms with Gasteiger partial charge in [-0.25, -0.2) is 0 Å². The Labute approximate surface area is 50.8 Å². The summed E-state index contributed by atoms with van der Waals surface area (Å²) in [5.41, 5.74) is 0. The average molecular weight is 158 g/mol. The van der Waals surface area contributed by atoms with Gasteiger partial charge in [-0.1, -0.05) is 0 Å². The SMILES string of the molecule is N#CO.[Co].[Fe]. The van der Waals surface area contributed by atoms with Crippen molar-refractivity contribution in [2.75, 3.05) is 0 Å². The van der Waals surface area contributed by atoms with Crippen LogP contribution in [0.4, 0.5) is 0 Å². The van der Waals surface area contributed by atoms with Crippen molar-refractivity contribution >= 4 is 0 Å². The first kappa shape index (κ1) is 18.5. The minimum Gasteiger partial charge on any atom is -0.443 e. The van der Waals surface area contributed by atoms with Gasteiger partial charge in [0, 0.05) is 33.8 Å². The summed E-state index contributed by atoms with van der Waals surface area (Å²) in [7, 11) is 0. The molecule has 0 aliphatic rings. The van der Waals surface area contributed by atoms with E-state index in [0.29, 0.717) is 0 Å². The van der Waals surface area contributed by atoms with Crippen molar-refractivity contribution in [2.24, 2.45) is 0 Å². The summed E-state index contributed by atoms with van der Waals surface area (Å²) in [5, 5.41) is 13.8. The monoisotopic (exact) mass is 158 g/mol. The Morgan fingerprint density at radius 1 is 1.60 bits per heavy atom. The number of hydrogen-bond donors (Lipinski definition) is 1. The van der Waals surface area contributed by atoms with E-state index in [2.05, 4.69) is 0 Å². The molecule has 0 saturated heterocycles. The molecule has 0 rings (SSSR count). The molecule has 0 amide bonds. The smallest absolute Gasteiger partial charge is 0.283 e. The second-order valence-corrected chi connectivity index (χ2v) is 0.100. The van der Waals surface area contributed by atoms with Gasteiger partial charge in [-0.15, -0.1) is 0 Å². The van der Waals surface area contributed by atoms with Crippen LogP contribution in [0.5, 0.6) is 0 Å². The van der Waals surface area contributed by atoms with E-state index >= 15 is 0 Å². The Balaban J connectivity index is -0.0000000200. The third-order valence-electron chi connectivity index (χ3n) is 0. The van der Waals surface area contributed by atoms with Crippen LogP contribution in [0, 0.1) is 11.5 Å². The van der Waals surface area contributed by atoms with Crippen LogP contribution in [0.2, 0.25) is 0 Å². The van der Waals surface area contributed by atoms with E-state index in [-0.39, 0.29) is 33.8 Å². The first-order valence-electron chi connectivity index (χ1n) is 0.447. The topological polar surface area (TPSA) is 44.0 Å². The van der Waals surface area contributed by atoms with Crippen LogP contribution < -0.4 is 0 Å². The molecule has 0 fully saturated rings. The molecule has 0 saturated carbocycles. The minimum atomic E-state index is 0. The molecular formula is CHCoFeNO. The van der Waals surface area contributed by atoms with Gasteiger partial charge in [0.1, 0.15) is 0 Å². The van der Waals surface area contributed by atoms with Crippen molar-refractivity contribution in [1.82, 2.24) is 0 Å². The standard InChI is InChI=1S/CHNO.Co.Fe/c2-1-3;;/h3H;;. The second-order valence-electron chi connectivity index (χ2n) is 0.100. The van der Waals surface area contributed by atoms with Crippen molar-refractivity contribution in [2.45, 2.75) is 0 Å². The normalized spacial score (nSPS) is 1.40. The molecule has 0 aromatic carbocycles. The van der Waals surface area contributed by atoms with E-state index in [1.165, 1.54) is 0 Å². The van der Waals surface area contributed by atoms with Crippen molar-refractivity contribution in [1.29, 1.82) is 5.26 Å². The molecule has 0 aliphatic carbocycles. The van der Waals surface area contributed by atoms with Crippen LogP contribution in [0.25, 0.3) is 0 Å². The van der Waals surface area contributed by atoms with Crippen LogP contribution in [0.15, 0.2) is 0 Å². The van der Waals surface area contributed by atoms with Crippen LogP contribution in [-0.2, 0) is 33.8 Å². The largest absolute Gasteiger partial charge is 0.443 e. The molecule has 0 bridgehead atoms. The molecule has 1 radical (unpaired) electrons. The van der Waals surface area contributed by atoms with E-state index in [1.807, 2.05) is 0 Å². The van der Waals surface area contributed by atoms with Gasteiger partial charge in [-0.2, -0.15) is 5.26 Å². The molecule has 0 aliphatic heterocycles. The minimum absolute atomic E-state index is 0. The van der Waals surface area contributed by atoms with E-state index in [9.17, 15) is 0 Å². The molecule has 33 valence electrons. The van der Waals surface area contributed by atoms with Crippen molar-refractivity contribution in [3.63, 3.8) is 0 Å². The summed E-state index contributed by atoms with van der Waals surface area (Å²) >= 11 is 0. The van der Waals surface area contributed by atoms with Gasteiger partial charge in [0.25, 0.3) is 6.26 Å². The molecule has 0 spiro atoms. The zero-order chi connectivity index (χ0) is 2.71. The number of nitrogens with zero attached hydrogens (tertiary/aromatic N) is 1. The molecule has 0 heterocycles. The van der Waals surface area contributed by atoms with Crippen LogP contribution in [0.1, 0.15) is 0 Å². The van der Waals surface area contributed by atoms with Gasteiger partial charge in [0.2, 0.25) is 0 Å². The summed E-state index contributed by atoms with van der Waals surface area (Å²) in [4.78, 5) is 0. The molecule has 1 N–H and O–H groups in total. The molecule has 2 nitrogen and oxygen atoms in total.